The number of likely N-dealkylation sites (N-methyl/N-ethyl adjacent to an activating group) is 7. The van der Waals surface area contributed by atoms with E-state index in [1.165, 1.54) is 82.8 Å². The summed E-state index contributed by atoms with van der Waals surface area (Å²) < 4.78 is 0. The molecule has 0 aromatic rings. The molecule has 84 heavy (non-hydrogen) atoms. The Labute approximate surface area is 502 Å². The van der Waals surface area contributed by atoms with Gasteiger partial charge in [-0.15, -0.1) is 0 Å². The van der Waals surface area contributed by atoms with Gasteiger partial charge in [-0.25, -0.2) is 4.79 Å². The lowest BCUT2D eigenvalue weighted by Gasteiger charge is -2.41. The molecule has 480 valence electrons. The van der Waals surface area contributed by atoms with Crippen LogP contribution < -0.4 is 21.3 Å². The molecule has 1 fully saturated rings. The lowest BCUT2D eigenvalue weighted by Crippen LogP contribution is -2.64. The highest BCUT2D eigenvalue weighted by Gasteiger charge is 2.46. The van der Waals surface area contributed by atoms with Crippen LogP contribution in [0.2, 0.25) is 0 Å². The van der Waals surface area contributed by atoms with E-state index in [-0.39, 0.29) is 55.8 Å². The molecule has 0 aliphatic carbocycles. The van der Waals surface area contributed by atoms with Gasteiger partial charge in [0.15, 0.2) is 0 Å². The largest absolute Gasteiger partial charge is 0.390 e. The fourth-order valence-corrected chi connectivity index (χ4v) is 10.5. The van der Waals surface area contributed by atoms with Gasteiger partial charge in [0.05, 0.1) is 6.10 Å². The predicted molar refractivity (Wildman–Crippen MR) is 324 cm³/mol. The Morgan fingerprint density at radius 1 is 0.440 bits per heavy atom. The number of urea groups is 1. The standard InChI is InChI=1S/C61H109N11O12/c1-25-27-28-39(15)50(73)49-54(77)64-42(26-2)56(79)72(24)61(84)69(21)44(30-34(5)6)53(76)65-47(37(11)12)59(82)66(18)43(29-33(3)4)52(75)62-40(16)51(74)63-41(17)55(78)67(19)45(31-35(7)8)57(80)68(20)46(32-36(9)10)58(81)70(22)48(38(13)14)60(83)71(49)23/h25,27,33-50,73H,26,28-32H2,1-24H3,(H,62,75)(H,63,74)(H,64,77)(H,65,76)/b27-25+. The fraction of sp³-hybridized carbons (Fsp3) is 0.787. The molecule has 0 bridgehead atoms. The lowest BCUT2D eigenvalue weighted by molar-refractivity contribution is -0.157. The third-order valence-electron chi connectivity index (χ3n) is 15.9. The zero-order valence-electron chi connectivity index (χ0n) is 55.4. The second kappa shape index (κ2) is 34.1. The van der Waals surface area contributed by atoms with E-state index in [2.05, 4.69) is 21.3 Å². The number of hydrogen-bond donors (Lipinski definition) is 5. The van der Waals surface area contributed by atoms with Crippen molar-refractivity contribution in [1.82, 2.24) is 55.6 Å². The molecular weight excluding hydrogens is 1080 g/mol. The van der Waals surface area contributed by atoms with Crippen LogP contribution in [-0.2, 0) is 47.9 Å². The number of amides is 12. The predicted octanol–water partition coefficient (Wildman–Crippen LogP) is 3.86. The molecule has 23 nitrogen and oxygen atoms in total. The van der Waals surface area contributed by atoms with Crippen molar-refractivity contribution in [1.29, 1.82) is 0 Å². The van der Waals surface area contributed by atoms with Crippen LogP contribution in [0.4, 0.5) is 4.79 Å². The third-order valence-corrected chi connectivity index (χ3v) is 15.9. The molecule has 1 rings (SSSR count). The van der Waals surface area contributed by atoms with Gasteiger partial charge in [-0.05, 0) is 101 Å². The monoisotopic (exact) mass is 1190 g/mol. The maximum Gasteiger partial charge on any atom is 0.326 e. The zero-order chi connectivity index (χ0) is 65.3. The Morgan fingerprint density at radius 3 is 1.29 bits per heavy atom. The normalized spacial score (nSPS) is 26.9. The van der Waals surface area contributed by atoms with Crippen molar-refractivity contribution >= 4 is 65.1 Å². The van der Waals surface area contributed by atoms with Crippen LogP contribution in [-0.4, -0.2) is 220 Å². The summed E-state index contributed by atoms with van der Waals surface area (Å²) in [6.07, 6.45) is 2.81. The van der Waals surface area contributed by atoms with Gasteiger partial charge in [0, 0.05) is 49.3 Å². The molecular formula is C61H109N11O12. The highest BCUT2D eigenvalue weighted by atomic mass is 16.3. The van der Waals surface area contributed by atoms with E-state index in [0.29, 0.717) is 6.42 Å². The van der Waals surface area contributed by atoms with Crippen LogP contribution in [0.25, 0.3) is 0 Å². The van der Waals surface area contributed by atoms with Crippen LogP contribution in [0, 0.1) is 41.4 Å². The molecule has 0 spiro atoms. The maximum atomic E-state index is 15.1. The van der Waals surface area contributed by atoms with E-state index in [0.717, 1.165) is 14.7 Å². The number of carbonyl (C=O) groups excluding carboxylic acids is 11. The average Bonchev–Trinajstić information content (AvgIpc) is 2.45. The Balaban J connectivity index is 4.37. The summed E-state index contributed by atoms with van der Waals surface area (Å²) in [6, 6.07) is -13.6. The molecule has 23 heteroatoms. The number of carbonyl (C=O) groups is 11. The van der Waals surface area contributed by atoms with Crippen molar-refractivity contribution < 1.29 is 57.8 Å². The molecule has 0 aromatic heterocycles. The number of imide groups is 1. The summed E-state index contributed by atoms with van der Waals surface area (Å²) >= 11 is 0. The van der Waals surface area contributed by atoms with Crippen molar-refractivity contribution in [3.63, 3.8) is 0 Å². The van der Waals surface area contributed by atoms with Crippen molar-refractivity contribution in [3.8, 4) is 0 Å². The second-order valence-electron chi connectivity index (χ2n) is 25.7. The minimum atomic E-state index is -1.65. The molecule has 1 heterocycles. The van der Waals surface area contributed by atoms with E-state index >= 15 is 9.59 Å². The Morgan fingerprint density at radius 2 is 0.845 bits per heavy atom. The molecule has 12 atom stereocenters. The van der Waals surface area contributed by atoms with Crippen LogP contribution in [0.1, 0.15) is 156 Å². The topological polar surface area (TPSA) is 279 Å². The number of hydrogen-bond acceptors (Lipinski definition) is 12. The number of rotatable bonds is 15. The molecule has 12 unspecified atom stereocenters. The minimum Gasteiger partial charge on any atom is -0.390 e. The number of nitrogens with zero attached hydrogens (tertiary/aromatic N) is 7. The van der Waals surface area contributed by atoms with E-state index in [1.54, 1.807) is 60.6 Å². The highest BCUT2D eigenvalue weighted by molar-refractivity contribution is 6.02. The molecule has 1 aliphatic heterocycles. The highest BCUT2D eigenvalue weighted by Crippen LogP contribution is 2.26. The van der Waals surface area contributed by atoms with E-state index in [9.17, 15) is 48.3 Å². The Kier molecular flexibility index (Phi) is 30.8. The summed E-state index contributed by atoms with van der Waals surface area (Å²) in [7, 11) is 9.63. The molecule has 5 N–H and O–H groups in total. The number of nitrogens with one attached hydrogen (secondary N) is 4. The molecule has 0 radical (unpaired) electrons. The SMILES string of the molecule is C/C=C/CC(C)C(O)C1C(=O)NC(CC)C(=O)N(C)C(=O)N(C)C(CC(C)C)C(=O)NC(C(C)C)C(=O)N(C)C(CC(C)C)C(=O)NC(C)C(=O)NC(C)C(=O)N(C)C(CC(C)C)C(=O)N(C)C(CC(C)C)C(=O)N(C)C(C(C)C)C(=O)N1C. The van der Waals surface area contributed by atoms with Gasteiger partial charge in [-0.3, -0.25) is 52.8 Å². The van der Waals surface area contributed by atoms with Gasteiger partial charge in [0.25, 0.3) is 5.91 Å². The molecule has 0 aromatic carbocycles. The lowest BCUT2D eigenvalue weighted by atomic mass is 9.91. The third kappa shape index (κ3) is 20.5. The molecule has 1 aliphatic rings. The number of aliphatic hydroxyl groups excluding tert-OH is 1. The summed E-state index contributed by atoms with van der Waals surface area (Å²) in [5.41, 5.74) is 0. The summed E-state index contributed by atoms with van der Waals surface area (Å²) in [5.74, 6) is -9.57. The maximum absolute atomic E-state index is 15.1. The number of aliphatic hydroxyl groups is 1. The molecule has 12 amide bonds. The Hall–Kier alpha value is -6.13. The summed E-state index contributed by atoms with van der Waals surface area (Å²) in [6.45, 7) is 29.7. The van der Waals surface area contributed by atoms with Crippen molar-refractivity contribution in [2.45, 2.75) is 223 Å². The fourth-order valence-electron chi connectivity index (χ4n) is 10.5. The summed E-state index contributed by atoms with van der Waals surface area (Å²) in [5, 5.41) is 23.0. The smallest absolute Gasteiger partial charge is 0.326 e. The summed E-state index contributed by atoms with van der Waals surface area (Å²) in [4.78, 5) is 168. The van der Waals surface area contributed by atoms with Crippen molar-refractivity contribution in [3.05, 3.63) is 12.2 Å². The van der Waals surface area contributed by atoms with E-state index in [4.69, 9.17) is 0 Å². The van der Waals surface area contributed by atoms with E-state index in [1.807, 2.05) is 55.4 Å². The zero-order valence-corrected chi connectivity index (χ0v) is 55.4. The van der Waals surface area contributed by atoms with Crippen molar-refractivity contribution in [2.75, 3.05) is 49.3 Å². The Bertz CT molecular complexity index is 2310. The van der Waals surface area contributed by atoms with Gasteiger partial charge in [0.1, 0.15) is 60.4 Å². The van der Waals surface area contributed by atoms with Crippen molar-refractivity contribution in [2.24, 2.45) is 41.4 Å². The van der Waals surface area contributed by atoms with Crippen LogP contribution in [0.5, 0.6) is 0 Å². The van der Waals surface area contributed by atoms with E-state index < -0.39 is 149 Å². The van der Waals surface area contributed by atoms with Gasteiger partial charge < -0.3 is 55.8 Å². The van der Waals surface area contributed by atoms with Gasteiger partial charge in [-0.2, -0.15) is 0 Å². The average molecular weight is 1190 g/mol. The van der Waals surface area contributed by atoms with Crippen LogP contribution >= 0.6 is 0 Å². The first kappa shape index (κ1) is 75.9. The molecule has 1 saturated heterocycles. The van der Waals surface area contributed by atoms with Gasteiger partial charge in [0.2, 0.25) is 53.2 Å². The first-order chi connectivity index (χ1) is 38.7. The van der Waals surface area contributed by atoms with Gasteiger partial charge >= 0.3 is 6.03 Å². The first-order valence-corrected chi connectivity index (χ1v) is 30.1. The number of allylic oxidation sites excluding steroid dienone is 2. The second-order valence-corrected chi connectivity index (χ2v) is 25.7. The quantitative estimate of drug-likeness (QED) is 0.146. The van der Waals surface area contributed by atoms with Crippen LogP contribution in [0.3, 0.4) is 0 Å². The molecule has 0 saturated carbocycles. The first-order valence-electron chi connectivity index (χ1n) is 30.1. The van der Waals surface area contributed by atoms with Crippen LogP contribution in [0.15, 0.2) is 12.2 Å². The van der Waals surface area contributed by atoms with Gasteiger partial charge in [-0.1, -0.05) is 109 Å². The minimum absolute atomic E-state index is 0.0552.